The SMILES string of the molecule is Cc1csc(NC(=O)c2ccc(Oc3ccnc4[nH]nc(N[C@@H]5CCCNC5)c34)cc2)n1. The average molecular weight is 450 g/mol. The molecule has 4 N–H and O–H groups in total. The zero-order valence-corrected chi connectivity index (χ0v) is 18.3. The average Bonchev–Trinajstić information content (AvgIpc) is 3.41. The molecule has 0 bridgehead atoms. The van der Waals surface area contributed by atoms with Crippen molar-refractivity contribution in [2.45, 2.75) is 25.8 Å². The van der Waals surface area contributed by atoms with Crippen molar-refractivity contribution in [2.75, 3.05) is 23.7 Å². The van der Waals surface area contributed by atoms with Crippen LogP contribution in [0.2, 0.25) is 0 Å². The number of fused-ring (bicyclic) bond motifs is 1. The molecule has 0 unspecified atom stereocenters. The van der Waals surface area contributed by atoms with Crippen molar-refractivity contribution in [1.29, 1.82) is 0 Å². The van der Waals surface area contributed by atoms with Gasteiger partial charge in [-0.15, -0.1) is 11.3 Å². The second kappa shape index (κ2) is 8.93. The Labute approximate surface area is 188 Å². The minimum Gasteiger partial charge on any atom is -0.456 e. The number of thiazole rings is 1. The van der Waals surface area contributed by atoms with Crippen molar-refractivity contribution in [2.24, 2.45) is 0 Å². The van der Waals surface area contributed by atoms with Gasteiger partial charge in [-0.25, -0.2) is 9.97 Å². The van der Waals surface area contributed by atoms with Gasteiger partial charge in [0, 0.05) is 35.8 Å². The third-order valence-corrected chi connectivity index (χ3v) is 6.12. The Morgan fingerprint density at radius 3 is 2.88 bits per heavy atom. The number of piperidine rings is 1. The number of nitrogens with zero attached hydrogens (tertiary/aromatic N) is 3. The van der Waals surface area contributed by atoms with E-state index in [0.29, 0.717) is 33.9 Å². The Morgan fingerprint density at radius 1 is 1.25 bits per heavy atom. The van der Waals surface area contributed by atoms with Crippen molar-refractivity contribution in [3.8, 4) is 11.5 Å². The van der Waals surface area contributed by atoms with Crippen molar-refractivity contribution in [1.82, 2.24) is 25.5 Å². The molecule has 1 saturated heterocycles. The maximum absolute atomic E-state index is 12.4. The maximum Gasteiger partial charge on any atom is 0.257 e. The molecule has 9 nitrogen and oxygen atoms in total. The van der Waals surface area contributed by atoms with Crippen LogP contribution in [0.3, 0.4) is 0 Å². The molecule has 1 amide bonds. The van der Waals surface area contributed by atoms with Crippen LogP contribution in [0.5, 0.6) is 11.5 Å². The van der Waals surface area contributed by atoms with E-state index in [1.54, 1.807) is 30.5 Å². The molecule has 10 heteroatoms. The minimum absolute atomic E-state index is 0.209. The van der Waals surface area contributed by atoms with Gasteiger partial charge < -0.3 is 15.4 Å². The summed E-state index contributed by atoms with van der Waals surface area (Å²) in [6.45, 7) is 3.84. The van der Waals surface area contributed by atoms with Crippen LogP contribution >= 0.6 is 11.3 Å². The van der Waals surface area contributed by atoms with Crippen LogP contribution in [-0.2, 0) is 0 Å². The lowest BCUT2D eigenvalue weighted by Crippen LogP contribution is -2.38. The highest BCUT2D eigenvalue weighted by atomic mass is 32.1. The number of pyridine rings is 1. The topological polar surface area (TPSA) is 117 Å². The number of H-pyrrole nitrogens is 1. The van der Waals surface area contributed by atoms with E-state index in [1.807, 2.05) is 18.4 Å². The number of amides is 1. The van der Waals surface area contributed by atoms with Gasteiger partial charge in [0.2, 0.25) is 0 Å². The number of hydrogen-bond acceptors (Lipinski definition) is 8. The summed E-state index contributed by atoms with van der Waals surface area (Å²) in [4.78, 5) is 21.1. The smallest absolute Gasteiger partial charge is 0.257 e. The van der Waals surface area contributed by atoms with Crippen LogP contribution in [0.1, 0.15) is 28.9 Å². The number of anilines is 2. The summed E-state index contributed by atoms with van der Waals surface area (Å²) in [6, 6.07) is 9.12. The molecule has 1 aliphatic heterocycles. The number of carbonyl (C=O) groups excluding carboxylic acids is 1. The van der Waals surface area contributed by atoms with E-state index in [0.717, 1.165) is 42.8 Å². The maximum atomic E-state index is 12.4. The molecule has 3 aromatic heterocycles. The van der Waals surface area contributed by atoms with E-state index >= 15 is 0 Å². The molecule has 1 fully saturated rings. The molecule has 1 aromatic carbocycles. The standard InChI is InChI=1S/C22H23N7O2S/c1-13-12-32-22(25-13)27-21(30)14-4-6-16(7-5-14)31-17-8-10-24-19-18(17)20(29-28-19)26-15-3-2-9-23-11-15/h4-8,10,12,15,23H,2-3,9,11H2,1H3,(H,25,27,30)(H2,24,26,28,29)/t15-/m1/s1. The highest BCUT2D eigenvalue weighted by Gasteiger charge is 2.18. The third kappa shape index (κ3) is 4.41. The van der Waals surface area contributed by atoms with E-state index in [4.69, 9.17) is 4.74 Å². The Bertz CT molecular complexity index is 1230. The van der Waals surface area contributed by atoms with Crippen LogP contribution in [0.4, 0.5) is 10.9 Å². The molecule has 5 rings (SSSR count). The van der Waals surface area contributed by atoms with Gasteiger partial charge in [-0.2, -0.15) is 5.10 Å². The van der Waals surface area contributed by atoms with Crippen LogP contribution < -0.4 is 20.7 Å². The first-order valence-corrected chi connectivity index (χ1v) is 11.4. The van der Waals surface area contributed by atoms with Crippen LogP contribution in [0.15, 0.2) is 41.9 Å². The Kier molecular flexibility index (Phi) is 5.70. The molecule has 0 spiro atoms. The van der Waals surface area contributed by atoms with Crippen molar-refractivity contribution in [3.63, 3.8) is 0 Å². The predicted molar refractivity (Wildman–Crippen MR) is 125 cm³/mol. The molecule has 4 heterocycles. The van der Waals surface area contributed by atoms with Crippen LogP contribution in [0, 0.1) is 6.92 Å². The molecule has 32 heavy (non-hydrogen) atoms. The molecule has 164 valence electrons. The highest BCUT2D eigenvalue weighted by molar-refractivity contribution is 7.13. The highest BCUT2D eigenvalue weighted by Crippen LogP contribution is 2.33. The Hall–Kier alpha value is -3.50. The number of aromatic amines is 1. The quantitative estimate of drug-likeness (QED) is 0.352. The first-order chi connectivity index (χ1) is 15.7. The van der Waals surface area contributed by atoms with Crippen molar-refractivity contribution >= 4 is 39.2 Å². The first kappa shape index (κ1) is 20.4. The number of ether oxygens (including phenoxy) is 1. The summed E-state index contributed by atoms with van der Waals surface area (Å²) in [5, 5.41) is 20.4. The van der Waals surface area contributed by atoms with Crippen molar-refractivity contribution in [3.05, 3.63) is 53.2 Å². The zero-order chi connectivity index (χ0) is 21.9. The number of aromatic nitrogens is 4. The summed E-state index contributed by atoms with van der Waals surface area (Å²) in [7, 11) is 0. The second-order valence-corrected chi connectivity index (χ2v) is 8.53. The first-order valence-electron chi connectivity index (χ1n) is 10.5. The fraction of sp³-hybridized carbons (Fsp3) is 0.273. The fourth-order valence-electron chi connectivity index (χ4n) is 3.66. The lowest BCUT2D eigenvalue weighted by molar-refractivity contribution is 0.102. The van der Waals surface area contributed by atoms with Gasteiger partial charge in [0.1, 0.15) is 16.9 Å². The number of benzene rings is 1. The van der Waals surface area contributed by atoms with E-state index in [1.165, 1.54) is 11.3 Å². The van der Waals surface area contributed by atoms with E-state index in [-0.39, 0.29) is 5.91 Å². The number of aryl methyl sites for hydroxylation is 1. The monoisotopic (exact) mass is 449 g/mol. The predicted octanol–water partition coefficient (Wildman–Crippen LogP) is 3.93. The van der Waals surface area contributed by atoms with Gasteiger partial charge in [-0.1, -0.05) is 0 Å². The number of nitrogens with one attached hydrogen (secondary N) is 4. The number of carbonyl (C=O) groups is 1. The van der Waals surface area contributed by atoms with Gasteiger partial charge >= 0.3 is 0 Å². The molecule has 0 radical (unpaired) electrons. The van der Waals surface area contributed by atoms with Crippen LogP contribution in [0.25, 0.3) is 11.0 Å². The molecular weight excluding hydrogens is 426 g/mol. The van der Waals surface area contributed by atoms with Gasteiger partial charge in [0.05, 0.1) is 5.69 Å². The lowest BCUT2D eigenvalue weighted by atomic mass is 10.1. The summed E-state index contributed by atoms with van der Waals surface area (Å²) < 4.78 is 6.14. The largest absolute Gasteiger partial charge is 0.456 e. The van der Waals surface area contributed by atoms with E-state index in [2.05, 4.69) is 36.1 Å². The number of hydrogen-bond donors (Lipinski definition) is 4. The van der Waals surface area contributed by atoms with E-state index < -0.39 is 0 Å². The molecule has 1 aliphatic rings. The van der Waals surface area contributed by atoms with E-state index in [9.17, 15) is 4.79 Å². The Balaban J connectivity index is 1.32. The summed E-state index contributed by atoms with van der Waals surface area (Å²) in [5.41, 5.74) is 2.06. The summed E-state index contributed by atoms with van der Waals surface area (Å²) in [6.07, 6.45) is 3.89. The molecule has 1 atom stereocenters. The van der Waals surface area contributed by atoms with Gasteiger partial charge in [-0.05, 0) is 50.6 Å². The molecule has 0 aliphatic carbocycles. The lowest BCUT2D eigenvalue weighted by Gasteiger charge is -2.23. The Morgan fingerprint density at radius 2 is 2.12 bits per heavy atom. The summed E-state index contributed by atoms with van der Waals surface area (Å²) >= 11 is 1.40. The minimum atomic E-state index is -0.209. The molecular formula is C22H23N7O2S. The third-order valence-electron chi connectivity index (χ3n) is 5.24. The number of rotatable bonds is 6. The van der Waals surface area contributed by atoms with Crippen LogP contribution in [-0.4, -0.2) is 45.2 Å². The molecule has 4 aromatic rings. The van der Waals surface area contributed by atoms with Crippen molar-refractivity contribution < 1.29 is 9.53 Å². The summed E-state index contributed by atoms with van der Waals surface area (Å²) in [5.74, 6) is 1.78. The molecule has 0 saturated carbocycles. The van der Waals surface area contributed by atoms with Gasteiger partial charge in [0.25, 0.3) is 5.91 Å². The van der Waals surface area contributed by atoms with Gasteiger partial charge in [-0.3, -0.25) is 15.2 Å². The zero-order valence-electron chi connectivity index (χ0n) is 17.5. The normalized spacial score (nSPS) is 16.1. The van der Waals surface area contributed by atoms with Gasteiger partial charge in [0.15, 0.2) is 16.6 Å². The fourth-order valence-corrected chi connectivity index (χ4v) is 4.35. The second-order valence-electron chi connectivity index (χ2n) is 7.67.